The van der Waals surface area contributed by atoms with E-state index in [0.717, 1.165) is 19.5 Å². The molecule has 3 heteroatoms. The van der Waals surface area contributed by atoms with E-state index in [4.69, 9.17) is 0 Å². The molecule has 0 spiro atoms. The van der Waals surface area contributed by atoms with E-state index < -0.39 is 0 Å². The number of rotatable bonds is 4. The van der Waals surface area contributed by atoms with Crippen molar-refractivity contribution >= 4 is 5.91 Å². The van der Waals surface area contributed by atoms with Crippen molar-refractivity contribution < 1.29 is 4.79 Å². The first kappa shape index (κ1) is 12.1. The van der Waals surface area contributed by atoms with Crippen LogP contribution in [-0.4, -0.2) is 25.0 Å². The van der Waals surface area contributed by atoms with Gasteiger partial charge >= 0.3 is 0 Å². The van der Waals surface area contributed by atoms with Crippen LogP contribution in [0.1, 0.15) is 18.1 Å². The summed E-state index contributed by atoms with van der Waals surface area (Å²) in [5.74, 6) is 0.360. The minimum absolute atomic E-state index is 0.175. The molecule has 1 aliphatic rings. The van der Waals surface area contributed by atoms with Gasteiger partial charge in [0.1, 0.15) is 0 Å². The lowest BCUT2D eigenvalue weighted by Crippen LogP contribution is -2.52. The Labute approximate surface area is 103 Å². The summed E-state index contributed by atoms with van der Waals surface area (Å²) in [5.41, 5.74) is 2.60. The molecule has 0 radical (unpaired) electrons. The molecule has 1 aliphatic heterocycles. The predicted molar refractivity (Wildman–Crippen MR) is 68.8 cm³/mol. The number of hydrogen-bond acceptors (Lipinski definition) is 2. The number of carbonyl (C=O) groups excluding carboxylic acids is 1. The normalized spacial score (nSPS) is 17.3. The molecule has 1 atom stereocenters. The van der Waals surface area contributed by atoms with Crippen LogP contribution in [0, 0.1) is 12.8 Å². The second kappa shape index (κ2) is 5.32. The molecule has 92 valence electrons. The largest absolute Gasteiger partial charge is 0.353 e. The van der Waals surface area contributed by atoms with Gasteiger partial charge in [-0.25, -0.2) is 0 Å². The van der Waals surface area contributed by atoms with E-state index in [1.165, 1.54) is 11.1 Å². The van der Waals surface area contributed by atoms with Crippen LogP contribution in [0.2, 0.25) is 0 Å². The van der Waals surface area contributed by atoms with Crippen LogP contribution in [0.5, 0.6) is 0 Å². The number of carbonyl (C=O) groups is 1. The quantitative estimate of drug-likeness (QED) is 0.820. The van der Waals surface area contributed by atoms with Crippen molar-refractivity contribution in [2.24, 2.45) is 5.92 Å². The van der Waals surface area contributed by atoms with Crippen molar-refractivity contribution in [3.05, 3.63) is 35.4 Å². The van der Waals surface area contributed by atoms with Gasteiger partial charge in [-0.05, 0) is 31.4 Å². The number of amides is 1. The van der Waals surface area contributed by atoms with Crippen LogP contribution < -0.4 is 10.6 Å². The van der Waals surface area contributed by atoms with Crippen LogP contribution in [0.25, 0.3) is 0 Å². The molecule has 0 saturated carbocycles. The molecule has 2 rings (SSSR count). The molecule has 1 amide bonds. The summed E-state index contributed by atoms with van der Waals surface area (Å²) in [6.45, 7) is 5.82. The third kappa shape index (κ3) is 3.07. The highest BCUT2D eigenvalue weighted by molar-refractivity contribution is 5.80. The Balaban J connectivity index is 1.86. The number of benzene rings is 1. The van der Waals surface area contributed by atoms with E-state index in [0.29, 0.717) is 0 Å². The summed E-state index contributed by atoms with van der Waals surface area (Å²) in [4.78, 5) is 11.8. The Morgan fingerprint density at radius 3 is 2.76 bits per heavy atom. The SMILES string of the molecule is Cc1ccccc1CC(C)NC(=O)C1CNC1. The van der Waals surface area contributed by atoms with Crippen LogP contribution >= 0.6 is 0 Å². The molecule has 1 aromatic rings. The highest BCUT2D eigenvalue weighted by Crippen LogP contribution is 2.10. The van der Waals surface area contributed by atoms with E-state index in [2.05, 4.69) is 36.6 Å². The Hall–Kier alpha value is -1.35. The van der Waals surface area contributed by atoms with E-state index in [1.807, 2.05) is 12.1 Å². The minimum Gasteiger partial charge on any atom is -0.353 e. The molecule has 1 saturated heterocycles. The molecule has 0 aliphatic carbocycles. The topological polar surface area (TPSA) is 41.1 Å². The predicted octanol–water partition coefficient (Wildman–Crippen LogP) is 1.26. The minimum atomic E-state index is 0.175. The first-order chi connectivity index (χ1) is 8.16. The molecule has 0 aromatic heterocycles. The van der Waals surface area contributed by atoms with Crippen LogP contribution in [0.3, 0.4) is 0 Å². The summed E-state index contributed by atoms with van der Waals surface area (Å²) in [7, 11) is 0. The van der Waals surface area contributed by atoms with Crippen LogP contribution in [0.15, 0.2) is 24.3 Å². The van der Waals surface area contributed by atoms with Gasteiger partial charge < -0.3 is 10.6 Å². The van der Waals surface area contributed by atoms with Crippen molar-refractivity contribution in [2.45, 2.75) is 26.3 Å². The Bertz CT molecular complexity index is 399. The number of hydrogen-bond donors (Lipinski definition) is 2. The van der Waals surface area contributed by atoms with Crippen molar-refractivity contribution in [2.75, 3.05) is 13.1 Å². The summed E-state index contributed by atoms with van der Waals surface area (Å²) < 4.78 is 0. The molecular weight excluding hydrogens is 212 g/mol. The van der Waals surface area contributed by atoms with Gasteiger partial charge in [-0.3, -0.25) is 4.79 Å². The van der Waals surface area contributed by atoms with Gasteiger partial charge in [-0.15, -0.1) is 0 Å². The molecule has 0 bridgehead atoms. The van der Waals surface area contributed by atoms with Crippen molar-refractivity contribution in [3.8, 4) is 0 Å². The zero-order valence-corrected chi connectivity index (χ0v) is 10.5. The fourth-order valence-corrected chi connectivity index (χ4v) is 2.05. The van der Waals surface area contributed by atoms with Gasteiger partial charge in [0.25, 0.3) is 0 Å². The summed E-state index contributed by atoms with van der Waals surface area (Å²) >= 11 is 0. The molecule has 3 nitrogen and oxygen atoms in total. The van der Waals surface area contributed by atoms with Crippen molar-refractivity contribution in [1.82, 2.24) is 10.6 Å². The van der Waals surface area contributed by atoms with Gasteiger partial charge in [0.15, 0.2) is 0 Å². The number of nitrogens with one attached hydrogen (secondary N) is 2. The van der Waals surface area contributed by atoms with E-state index in [1.54, 1.807) is 0 Å². The monoisotopic (exact) mass is 232 g/mol. The average molecular weight is 232 g/mol. The van der Waals surface area contributed by atoms with E-state index in [9.17, 15) is 4.79 Å². The first-order valence-electron chi connectivity index (χ1n) is 6.22. The third-order valence-electron chi connectivity index (χ3n) is 3.33. The highest BCUT2D eigenvalue weighted by atomic mass is 16.2. The molecule has 17 heavy (non-hydrogen) atoms. The van der Waals surface area contributed by atoms with Gasteiger partial charge in [-0.2, -0.15) is 0 Å². The molecule has 1 unspecified atom stereocenters. The van der Waals surface area contributed by atoms with Crippen LogP contribution in [0.4, 0.5) is 0 Å². The first-order valence-corrected chi connectivity index (χ1v) is 6.22. The Kier molecular flexibility index (Phi) is 3.79. The number of aryl methyl sites for hydroxylation is 1. The third-order valence-corrected chi connectivity index (χ3v) is 3.33. The fraction of sp³-hybridized carbons (Fsp3) is 0.500. The Morgan fingerprint density at radius 2 is 2.18 bits per heavy atom. The zero-order valence-electron chi connectivity index (χ0n) is 10.5. The maximum absolute atomic E-state index is 11.8. The lowest BCUT2D eigenvalue weighted by molar-refractivity contribution is -0.127. The lowest BCUT2D eigenvalue weighted by Gasteiger charge is -2.27. The highest BCUT2D eigenvalue weighted by Gasteiger charge is 2.25. The summed E-state index contributed by atoms with van der Waals surface area (Å²) in [6.07, 6.45) is 0.901. The smallest absolute Gasteiger partial charge is 0.225 e. The van der Waals surface area contributed by atoms with Gasteiger partial charge in [0.05, 0.1) is 5.92 Å². The molecule has 1 aromatic carbocycles. The molecule has 1 heterocycles. The second-order valence-corrected chi connectivity index (χ2v) is 4.90. The average Bonchev–Trinajstić information content (AvgIpc) is 2.18. The summed E-state index contributed by atoms with van der Waals surface area (Å²) in [5, 5.41) is 6.19. The maximum Gasteiger partial charge on any atom is 0.225 e. The van der Waals surface area contributed by atoms with Gasteiger partial charge in [0.2, 0.25) is 5.91 Å². The van der Waals surface area contributed by atoms with E-state index >= 15 is 0 Å². The Morgan fingerprint density at radius 1 is 1.47 bits per heavy atom. The summed E-state index contributed by atoms with van der Waals surface area (Å²) in [6, 6.07) is 8.53. The van der Waals surface area contributed by atoms with Crippen molar-refractivity contribution in [1.29, 1.82) is 0 Å². The fourth-order valence-electron chi connectivity index (χ4n) is 2.05. The van der Waals surface area contributed by atoms with Crippen LogP contribution in [-0.2, 0) is 11.2 Å². The van der Waals surface area contributed by atoms with Crippen molar-refractivity contribution in [3.63, 3.8) is 0 Å². The van der Waals surface area contributed by atoms with Gasteiger partial charge in [0, 0.05) is 19.1 Å². The molecular formula is C14H20N2O. The second-order valence-electron chi connectivity index (χ2n) is 4.90. The lowest BCUT2D eigenvalue weighted by atomic mass is 9.99. The maximum atomic E-state index is 11.8. The van der Waals surface area contributed by atoms with E-state index in [-0.39, 0.29) is 17.9 Å². The molecule has 1 fully saturated rings. The van der Waals surface area contributed by atoms with Gasteiger partial charge in [-0.1, -0.05) is 24.3 Å². The standard InChI is InChI=1S/C14H20N2O/c1-10-5-3-4-6-12(10)7-11(2)16-14(17)13-8-15-9-13/h3-6,11,13,15H,7-9H2,1-2H3,(H,16,17). The molecule has 2 N–H and O–H groups in total. The zero-order chi connectivity index (χ0) is 12.3.